The fraction of sp³-hybridized carbons (Fsp3) is 0.722. The Morgan fingerprint density at radius 1 is 1.03 bits per heavy atom. The van der Waals surface area contributed by atoms with Crippen LogP contribution in [0.25, 0.3) is 0 Å². The fourth-order valence-electron chi connectivity index (χ4n) is 2.83. The van der Waals surface area contributed by atoms with Crippen LogP contribution >= 0.6 is 0 Å². The summed E-state index contributed by atoms with van der Waals surface area (Å²) in [6.07, 6.45) is -6.71. The van der Waals surface area contributed by atoms with Crippen molar-refractivity contribution in [2.75, 3.05) is 6.61 Å². The molecule has 1 heterocycles. The number of carbonyl (C=O) groups excluding carboxylic acids is 4. The maximum Gasteiger partial charge on any atom is 0.325 e. The monoisotopic (exact) mass is 448 g/mol. The van der Waals surface area contributed by atoms with Crippen LogP contribution in [-0.4, -0.2) is 89.3 Å². The highest BCUT2D eigenvalue weighted by Crippen LogP contribution is 2.27. The van der Waals surface area contributed by atoms with Crippen molar-refractivity contribution in [3.05, 3.63) is 0 Å². The lowest BCUT2D eigenvalue weighted by Gasteiger charge is -2.44. The topological polar surface area (TPSA) is 187 Å². The average Bonchev–Trinajstić information content (AvgIpc) is 2.64. The van der Waals surface area contributed by atoms with Gasteiger partial charge in [0.1, 0.15) is 37.0 Å². The predicted molar refractivity (Wildman–Crippen MR) is 100 cm³/mol. The zero-order valence-electron chi connectivity index (χ0n) is 17.8. The lowest BCUT2D eigenvalue weighted by molar-refractivity contribution is -0.271. The second kappa shape index (κ2) is 11.6. The first-order valence-corrected chi connectivity index (χ1v) is 9.43. The summed E-state index contributed by atoms with van der Waals surface area (Å²) in [4.78, 5) is 57.7. The highest BCUT2D eigenvalue weighted by molar-refractivity contribution is 5.85. The van der Waals surface area contributed by atoms with Crippen LogP contribution in [0, 0.1) is 0 Å². The smallest absolute Gasteiger partial charge is 0.325 e. The Morgan fingerprint density at radius 2 is 1.65 bits per heavy atom. The van der Waals surface area contributed by atoms with Gasteiger partial charge in [0, 0.05) is 20.8 Å². The molecule has 0 saturated carbocycles. The molecule has 0 aromatic heterocycles. The van der Waals surface area contributed by atoms with Gasteiger partial charge in [-0.15, -0.1) is 0 Å². The highest BCUT2D eigenvalue weighted by atomic mass is 16.7. The van der Waals surface area contributed by atoms with Crippen molar-refractivity contribution in [1.29, 1.82) is 0 Å². The molecule has 31 heavy (non-hydrogen) atoms. The second-order valence-electron chi connectivity index (χ2n) is 6.98. The lowest BCUT2D eigenvalue weighted by Crippen LogP contribution is -2.66. The molecule has 7 atom stereocenters. The first kappa shape index (κ1) is 26.3. The molecule has 0 bridgehead atoms. The Kier molecular flexibility index (Phi) is 9.81. The van der Waals surface area contributed by atoms with Crippen molar-refractivity contribution < 1.29 is 53.1 Å². The van der Waals surface area contributed by atoms with Gasteiger partial charge in [-0.3, -0.25) is 24.0 Å². The number of carbonyl (C=O) groups is 5. The van der Waals surface area contributed by atoms with Gasteiger partial charge in [0.15, 0.2) is 12.4 Å². The van der Waals surface area contributed by atoms with Gasteiger partial charge in [0.2, 0.25) is 11.8 Å². The van der Waals surface area contributed by atoms with E-state index in [4.69, 9.17) is 24.1 Å². The Balaban J connectivity index is 3.18. The largest absolute Gasteiger partial charge is 0.480 e. The molecule has 0 aromatic rings. The maximum atomic E-state index is 12.3. The summed E-state index contributed by atoms with van der Waals surface area (Å²) in [5, 5.41) is 23.9. The molecule has 2 amide bonds. The summed E-state index contributed by atoms with van der Waals surface area (Å²) in [7, 11) is 0. The maximum absolute atomic E-state index is 12.3. The number of aliphatic carboxylic acids is 1. The fourth-order valence-corrected chi connectivity index (χ4v) is 2.83. The lowest BCUT2D eigenvalue weighted by atomic mass is 9.96. The third-order valence-corrected chi connectivity index (χ3v) is 4.25. The first-order valence-electron chi connectivity index (χ1n) is 9.43. The van der Waals surface area contributed by atoms with Crippen LogP contribution in [0.5, 0.6) is 0 Å². The molecule has 1 aliphatic heterocycles. The van der Waals surface area contributed by atoms with E-state index in [1.165, 1.54) is 20.8 Å². The van der Waals surface area contributed by atoms with Crippen molar-refractivity contribution in [2.24, 2.45) is 0 Å². The van der Waals surface area contributed by atoms with Gasteiger partial charge in [0.25, 0.3) is 0 Å². The van der Waals surface area contributed by atoms with E-state index in [1.54, 1.807) is 0 Å². The summed E-state index contributed by atoms with van der Waals surface area (Å²) < 4.78 is 21.2. The number of aliphatic hydroxyl groups is 1. The van der Waals surface area contributed by atoms with Crippen molar-refractivity contribution >= 4 is 29.7 Å². The number of amides is 2. The van der Waals surface area contributed by atoms with E-state index >= 15 is 0 Å². The van der Waals surface area contributed by atoms with Crippen LogP contribution in [0.1, 0.15) is 34.6 Å². The Hall–Kier alpha value is -2.77. The molecule has 13 nitrogen and oxygen atoms in total. The van der Waals surface area contributed by atoms with Crippen LogP contribution in [-0.2, 0) is 42.9 Å². The van der Waals surface area contributed by atoms with Gasteiger partial charge in [0.05, 0.1) is 0 Å². The number of esters is 2. The number of hydrogen-bond donors (Lipinski definition) is 4. The molecule has 13 heteroatoms. The number of rotatable bonds is 9. The van der Waals surface area contributed by atoms with Gasteiger partial charge < -0.3 is 39.8 Å². The van der Waals surface area contributed by atoms with Crippen molar-refractivity contribution in [2.45, 2.75) is 77.4 Å². The van der Waals surface area contributed by atoms with Crippen LogP contribution in [0.4, 0.5) is 0 Å². The van der Waals surface area contributed by atoms with E-state index in [9.17, 15) is 29.1 Å². The molecule has 0 aromatic carbocycles. The summed E-state index contributed by atoms with van der Waals surface area (Å²) in [5.41, 5.74) is 0. The molecule has 0 aliphatic carbocycles. The molecular weight excluding hydrogens is 420 g/mol. The predicted octanol–water partition coefficient (Wildman–Crippen LogP) is -1.93. The quantitative estimate of drug-likeness (QED) is 0.288. The molecule has 4 N–H and O–H groups in total. The third kappa shape index (κ3) is 8.11. The van der Waals surface area contributed by atoms with E-state index in [0.717, 1.165) is 13.8 Å². The first-order chi connectivity index (χ1) is 14.3. The number of aliphatic hydroxyl groups excluding tert-OH is 1. The van der Waals surface area contributed by atoms with Crippen molar-refractivity contribution in [3.63, 3.8) is 0 Å². The van der Waals surface area contributed by atoms with Crippen LogP contribution in [0.2, 0.25) is 0 Å². The number of nitrogens with one attached hydrogen (secondary N) is 2. The van der Waals surface area contributed by atoms with E-state index < -0.39 is 79.1 Å². The van der Waals surface area contributed by atoms with E-state index in [0.29, 0.717) is 0 Å². The molecule has 1 rings (SSSR count). The molecular formula is C18H28N2O11. The van der Waals surface area contributed by atoms with Gasteiger partial charge >= 0.3 is 17.9 Å². The zero-order valence-corrected chi connectivity index (χ0v) is 17.8. The SMILES string of the molecule is CC(=O)N[C@H]1C(O)O[C@H](COC(C)=O)[C@@H](OC(C)=O)[C@@H]1O[C@H](C)C(=O)N[C@@H](C)C(=O)O. The highest BCUT2D eigenvalue weighted by Gasteiger charge is 2.50. The molecule has 1 unspecified atom stereocenters. The standard InChI is InChI=1S/C18H28N2O11/c1-7(17(25)26)19-16(24)8(2)29-15-13(20-9(3)21)18(27)31-12(6-28-10(4)22)14(15)30-11(5)23/h7-8,12-15,18,27H,6H2,1-5H3,(H,19,24)(H,20,21)(H,25,26)/t7-,8+,12+,13+,14+,15+,18?/m0/s1. The summed E-state index contributed by atoms with van der Waals surface area (Å²) in [5.74, 6) is -4.05. The minimum absolute atomic E-state index is 0.409. The molecule has 0 radical (unpaired) electrons. The summed E-state index contributed by atoms with van der Waals surface area (Å²) in [6.45, 7) is 5.56. The van der Waals surface area contributed by atoms with Crippen LogP contribution < -0.4 is 10.6 Å². The molecule has 1 aliphatic rings. The van der Waals surface area contributed by atoms with Gasteiger partial charge in [-0.05, 0) is 13.8 Å². The number of ether oxygens (including phenoxy) is 4. The Bertz CT molecular complexity index is 698. The number of carboxylic acids is 1. The number of carboxylic acid groups (broad SMARTS) is 1. The van der Waals surface area contributed by atoms with Crippen molar-refractivity contribution in [3.8, 4) is 0 Å². The second-order valence-corrected chi connectivity index (χ2v) is 6.98. The van der Waals surface area contributed by atoms with Gasteiger partial charge in [-0.2, -0.15) is 0 Å². The van der Waals surface area contributed by atoms with E-state index in [2.05, 4.69) is 10.6 Å². The minimum atomic E-state index is -1.66. The average molecular weight is 448 g/mol. The van der Waals surface area contributed by atoms with Crippen LogP contribution in [0.3, 0.4) is 0 Å². The molecule has 1 fully saturated rings. The van der Waals surface area contributed by atoms with Crippen molar-refractivity contribution in [1.82, 2.24) is 10.6 Å². The summed E-state index contributed by atoms with van der Waals surface area (Å²) >= 11 is 0. The van der Waals surface area contributed by atoms with E-state index in [-0.39, 0.29) is 0 Å². The van der Waals surface area contributed by atoms with Gasteiger partial charge in [-0.1, -0.05) is 0 Å². The third-order valence-electron chi connectivity index (χ3n) is 4.25. The Labute approximate surface area is 178 Å². The molecule has 1 saturated heterocycles. The van der Waals surface area contributed by atoms with E-state index in [1.807, 2.05) is 0 Å². The number of hydrogen-bond acceptors (Lipinski definition) is 10. The normalized spacial score (nSPS) is 27.4. The van der Waals surface area contributed by atoms with Gasteiger partial charge in [-0.25, -0.2) is 0 Å². The minimum Gasteiger partial charge on any atom is -0.480 e. The summed E-state index contributed by atoms with van der Waals surface area (Å²) in [6, 6.07) is -2.46. The molecule has 176 valence electrons. The van der Waals surface area contributed by atoms with Crippen LogP contribution in [0.15, 0.2) is 0 Å². The zero-order chi connectivity index (χ0) is 23.9. The Morgan fingerprint density at radius 3 is 2.13 bits per heavy atom. The molecule has 0 spiro atoms.